The number of carbonyl (C=O) groups is 1. The van der Waals surface area contributed by atoms with Crippen LogP contribution >= 0.6 is 0 Å². The van der Waals surface area contributed by atoms with Crippen LogP contribution < -0.4 is 15.8 Å². The van der Waals surface area contributed by atoms with Gasteiger partial charge in [0.2, 0.25) is 0 Å². The van der Waals surface area contributed by atoms with Crippen LogP contribution in [-0.2, 0) is 29.7 Å². The lowest BCUT2D eigenvalue weighted by Gasteiger charge is -2.41. The van der Waals surface area contributed by atoms with Crippen molar-refractivity contribution in [3.8, 4) is 11.1 Å². The summed E-state index contributed by atoms with van der Waals surface area (Å²) >= 11 is 0. The molecule has 2 fully saturated rings. The Morgan fingerprint density at radius 3 is 2.32 bits per heavy atom. The van der Waals surface area contributed by atoms with Crippen molar-refractivity contribution in [2.24, 2.45) is 0 Å². The number of amides is 1. The van der Waals surface area contributed by atoms with Crippen LogP contribution in [0.2, 0.25) is 0 Å². The normalized spacial score (nSPS) is 17.7. The molecule has 0 saturated carbocycles. The van der Waals surface area contributed by atoms with Crippen LogP contribution in [0.5, 0.6) is 0 Å². The average Bonchev–Trinajstić information content (AvgIpc) is 3.10. The molecule has 0 bridgehead atoms. The second kappa shape index (κ2) is 14.4. The Morgan fingerprint density at radius 1 is 0.957 bits per heavy atom. The summed E-state index contributed by atoms with van der Waals surface area (Å²) in [5.74, 6) is -0.138. The molecule has 2 N–H and O–H groups in total. The van der Waals surface area contributed by atoms with Crippen molar-refractivity contribution in [3.63, 3.8) is 0 Å². The van der Waals surface area contributed by atoms with Crippen molar-refractivity contribution < 1.29 is 9.53 Å². The van der Waals surface area contributed by atoms with Crippen LogP contribution in [-0.4, -0.2) is 54.7 Å². The van der Waals surface area contributed by atoms with E-state index in [1.807, 2.05) is 13.0 Å². The van der Waals surface area contributed by atoms with E-state index in [2.05, 4.69) is 78.1 Å². The predicted octanol–water partition coefficient (Wildman–Crippen LogP) is 7.19. The first-order valence-electron chi connectivity index (χ1n) is 18.1. The fraction of sp³-hybridized carbons (Fsp3) is 0.550. The Bertz CT molecular complexity index is 1630. The molecule has 7 heteroatoms. The molecule has 0 unspecified atom stereocenters. The average molecular weight is 639 g/mol. The number of anilines is 1. The molecule has 1 amide bonds. The number of hydrogen-bond donors (Lipinski definition) is 2. The Kier molecular flexibility index (Phi) is 10.2. The third-order valence-corrected chi connectivity index (χ3v) is 11.3. The van der Waals surface area contributed by atoms with Gasteiger partial charge in [0.1, 0.15) is 0 Å². The van der Waals surface area contributed by atoms with Gasteiger partial charge in [-0.15, -0.1) is 0 Å². The number of ether oxygens (including phenoxy) is 1. The zero-order valence-corrected chi connectivity index (χ0v) is 29.3. The van der Waals surface area contributed by atoms with Gasteiger partial charge < -0.3 is 19.9 Å². The summed E-state index contributed by atoms with van der Waals surface area (Å²) in [4.78, 5) is 35.3. The summed E-state index contributed by atoms with van der Waals surface area (Å²) in [6.45, 7) is 15.8. The number of H-pyrrole nitrogens is 1. The molecule has 2 aromatic carbocycles. The minimum absolute atomic E-state index is 0.0302. The Labute approximate surface area is 281 Å². The Morgan fingerprint density at radius 2 is 1.64 bits per heavy atom. The molecule has 0 radical (unpaired) electrons. The first kappa shape index (κ1) is 33.5. The van der Waals surface area contributed by atoms with E-state index in [1.54, 1.807) is 0 Å². The Balaban J connectivity index is 1.34. The molecule has 3 aliphatic rings. The van der Waals surface area contributed by atoms with Crippen LogP contribution in [0.3, 0.4) is 0 Å². The number of hydrogen-bond acceptors (Lipinski definition) is 5. The van der Waals surface area contributed by atoms with Gasteiger partial charge in [-0.2, -0.15) is 0 Å². The largest absolute Gasteiger partial charge is 0.381 e. The standard InChI is InChI=1S/C40H54N4O3/c1-6-44(32-18-22-47-23-19-32)37-25-30(29-14-16-31(17-15-29)40(4,5)43-20-10-7-11-21-43)24-35(27(37)2)38(45)41-26-36-34-13-9-8-12-33(34)28(3)42-39(36)46/h14-17,24-25,32H,6-13,18-23,26H2,1-5H3,(H,41,45)(H,42,46). The molecule has 1 aliphatic carbocycles. The number of aromatic nitrogens is 1. The number of rotatable bonds is 9. The van der Waals surface area contributed by atoms with Crippen molar-refractivity contribution in [2.75, 3.05) is 37.7 Å². The number of nitrogens with one attached hydrogen (secondary N) is 2. The fourth-order valence-corrected chi connectivity index (χ4v) is 8.29. The SMILES string of the molecule is CCN(c1cc(-c2ccc(C(C)(C)N3CCCCC3)cc2)cc(C(=O)NCc2c3c(c(C)[nH]c2=O)CCCC3)c1C)C1CCOCC1. The van der Waals surface area contributed by atoms with Crippen LogP contribution in [0.15, 0.2) is 41.2 Å². The first-order valence-corrected chi connectivity index (χ1v) is 18.1. The summed E-state index contributed by atoms with van der Waals surface area (Å²) in [7, 11) is 0. The summed E-state index contributed by atoms with van der Waals surface area (Å²) in [5.41, 5.74) is 10.1. The zero-order chi connectivity index (χ0) is 33.1. The van der Waals surface area contributed by atoms with Crippen molar-refractivity contribution in [3.05, 3.63) is 85.8 Å². The van der Waals surface area contributed by atoms with E-state index in [1.165, 1.54) is 30.4 Å². The molecule has 3 aromatic rings. The molecule has 0 atom stereocenters. The second-order valence-electron chi connectivity index (χ2n) is 14.4. The quantitative estimate of drug-likeness (QED) is 0.259. The number of carbonyl (C=O) groups excluding carboxylic acids is 1. The maximum Gasteiger partial charge on any atom is 0.253 e. The summed E-state index contributed by atoms with van der Waals surface area (Å²) in [5, 5.41) is 3.17. The molecule has 2 saturated heterocycles. The van der Waals surface area contributed by atoms with Gasteiger partial charge in [0.15, 0.2) is 0 Å². The van der Waals surface area contributed by atoms with Crippen molar-refractivity contribution in [1.29, 1.82) is 0 Å². The number of pyridine rings is 1. The number of nitrogens with zero attached hydrogens (tertiary/aromatic N) is 2. The highest BCUT2D eigenvalue weighted by Gasteiger charge is 2.30. The summed E-state index contributed by atoms with van der Waals surface area (Å²) in [6.07, 6.45) is 9.89. The molecule has 6 rings (SSSR count). The molecular formula is C40H54N4O3. The molecular weight excluding hydrogens is 584 g/mol. The monoisotopic (exact) mass is 638 g/mol. The maximum absolute atomic E-state index is 14.1. The van der Waals surface area contributed by atoms with Gasteiger partial charge in [-0.3, -0.25) is 14.5 Å². The lowest BCUT2D eigenvalue weighted by Crippen LogP contribution is -2.44. The zero-order valence-electron chi connectivity index (χ0n) is 29.3. The van der Waals surface area contributed by atoms with E-state index in [-0.39, 0.29) is 23.6 Å². The number of likely N-dealkylation sites (tertiary alicyclic amines) is 1. The van der Waals surface area contributed by atoms with E-state index in [9.17, 15) is 9.59 Å². The van der Waals surface area contributed by atoms with Crippen LogP contribution in [0.4, 0.5) is 5.69 Å². The number of aromatic amines is 1. The van der Waals surface area contributed by atoms with Crippen LogP contribution in [0, 0.1) is 13.8 Å². The highest BCUT2D eigenvalue weighted by Crippen LogP contribution is 2.36. The number of piperidine rings is 1. The van der Waals surface area contributed by atoms with Gasteiger partial charge in [-0.25, -0.2) is 0 Å². The third kappa shape index (κ3) is 6.93. The predicted molar refractivity (Wildman–Crippen MR) is 192 cm³/mol. The summed E-state index contributed by atoms with van der Waals surface area (Å²) < 4.78 is 5.71. The van der Waals surface area contributed by atoms with Gasteiger partial charge in [-0.1, -0.05) is 30.7 Å². The molecule has 252 valence electrons. The number of fused-ring (bicyclic) bond motifs is 1. The van der Waals surface area contributed by atoms with Crippen molar-refractivity contribution >= 4 is 11.6 Å². The Hall–Kier alpha value is -3.42. The molecule has 1 aromatic heterocycles. The van der Waals surface area contributed by atoms with Crippen molar-refractivity contribution in [2.45, 2.75) is 111 Å². The molecule has 47 heavy (non-hydrogen) atoms. The van der Waals surface area contributed by atoms with E-state index < -0.39 is 0 Å². The fourth-order valence-electron chi connectivity index (χ4n) is 8.29. The van der Waals surface area contributed by atoms with Gasteiger partial charge in [-0.05, 0) is 145 Å². The highest BCUT2D eigenvalue weighted by molar-refractivity contribution is 5.99. The van der Waals surface area contributed by atoms with E-state index >= 15 is 0 Å². The van der Waals surface area contributed by atoms with E-state index in [4.69, 9.17) is 4.74 Å². The van der Waals surface area contributed by atoms with Gasteiger partial charge in [0.05, 0.1) is 0 Å². The lowest BCUT2D eigenvalue weighted by atomic mass is 9.88. The van der Waals surface area contributed by atoms with Crippen LogP contribution in [0.1, 0.15) is 110 Å². The van der Waals surface area contributed by atoms with Crippen LogP contribution in [0.25, 0.3) is 11.1 Å². The third-order valence-electron chi connectivity index (χ3n) is 11.3. The van der Waals surface area contributed by atoms with Gasteiger partial charge in [0.25, 0.3) is 11.5 Å². The van der Waals surface area contributed by atoms with Gasteiger partial charge >= 0.3 is 0 Å². The minimum atomic E-state index is -0.138. The number of benzene rings is 2. The molecule has 3 heterocycles. The topological polar surface area (TPSA) is 77.7 Å². The molecule has 2 aliphatic heterocycles. The minimum Gasteiger partial charge on any atom is -0.381 e. The lowest BCUT2D eigenvalue weighted by molar-refractivity contribution is 0.0846. The maximum atomic E-state index is 14.1. The van der Waals surface area contributed by atoms with E-state index in [0.29, 0.717) is 17.2 Å². The summed E-state index contributed by atoms with van der Waals surface area (Å²) in [6, 6.07) is 13.7. The number of aryl methyl sites for hydroxylation is 1. The second-order valence-corrected chi connectivity index (χ2v) is 14.4. The molecule has 0 spiro atoms. The van der Waals surface area contributed by atoms with Crippen molar-refractivity contribution in [1.82, 2.24) is 15.2 Å². The molecule has 7 nitrogen and oxygen atoms in total. The van der Waals surface area contributed by atoms with E-state index in [0.717, 1.165) is 105 Å². The first-order chi connectivity index (χ1) is 22.7. The smallest absolute Gasteiger partial charge is 0.253 e. The van der Waals surface area contributed by atoms with Gasteiger partial charge in [0, 0.05) is 60.4 Å². The highest BCUT2D eigenvalue weighted by atomic mass is 16.5.